The Morgan fingerprint density at radius 2 is 1.87 bits per heavy atom. The molecule has 198 valence electrons. The largest absolute Gasteiger partial charge is 0.477 e. The maximum atomic E-state index is 13.4. The van der Waals surface area contributed by atoms with Gasteiger partial charge in [0, 0.05) is 30.1 Å². The molecule has 0 bridgehead atoms. The molecule has 0 aliphatic carbocycles. The number of carboxylic acids is 1. The number of hydrogen-bond donors (Lipinski definition) is 3. The highest BCUT2D eigenvalue weighted by Crippen LogP contribution is 2.37. The van der Waals surface area contributed by atoms with Crippen molar-refractivity contribution < 1.29 is 32.6 Å². The van der Waals surface area contributed by atoms with Crippen molar-refractivity contribution in [3.63, 3.8) is 0 Å². The number of carboxylic acid groups (broad SMARTS) is 1. The van der Waals surface area contributed by atoms with Crippen LogP contribution in [0.5, 0.6) is 11.6 Å². The molecule has 0 aliphatic heterocycles. The molecule has 2 aromatic heterocycles. The summed E-state index contributed by atoms with van der Waals surface area (Å²) < 4.78 is 48.4. The molecule has 0 spiro atoms. The highest BCUT2D eigenvalue weighted by Gasteiger charge is 2.39. The van der Waals surface area contributed by atoms with Crippen LogP contribution in [-0.2, 0) is 19.8 Å². The van der Waals surface area contributed by atoms with Gasteiger partial charge < -0.3 is 20.1 Å². The average Bonchev–Trinajstić information content (AvgIpc) is 3.41. The number of nitrogens with one attached hydrogen (secondary N) is 1. The highest BCUT2D eigenvalue weighted by atomic mass is 19.4. The molecule has 0 saturated carbocycles. The fraction of sp³-hybridized carbons (Fsp3) is 0.111. The van der Waals surface area contributed by atoms with Crippen molar-refractivity contribution in [3.8, 4) is 11.6 Å². The summed E-state index contributed by atoms with van der Waals surface area (Å²) in [6, 6.07) is 16.8. The van der Waals surface area contributed by atoms with Gasteiger partial charge in [0.25, 0.3) is 0 Å². The fourth-order valence-corrected chi connectivity index (χ4v) is 4.56. The van der Waals surface area contributed by atoms with Crippen molar-refractivity contribution in [2.24, 2.45) is 12.8 Å². The number of carbonyl (C=O) groups is 2. The first-order valence-corrected chi connectivity index (χ1v) is 11.5. The van der Waals surface area contributed by atoms with Crippen molar-refractivity contribution >= 4 is 39.8 Å². The summed E-state index contributed by atoms with van der Waals surface area (Å²) in [6.45, 7) is 0.0456. The molecule has 0 amide bonds. The molecule has 5 aromatic rings. The summed E-state index contributed by atoms with van der Waals surface area (Å²) in [5.74, 6) is -1.61. The van der Waals surface area contributed by atoms with Gasteiger partial charge in [0.15, 0.2) is 12.0 Å². The second kappa shape index (κ2) is 9.31. The summed E-state index contributed by atoms with van der Waals surface area (Å²) in [7, 11) is 1.23. The third-order valence-corrected chi connectivity index (χ3v) is 6.31. The smallest absolute Gasteiger partial charge is 0.436 e. The molecule has 2 heterocycles. The number of ether oxygens (including phenoxy) is 1. The summed E-state index contributed by atoms with van der Waals surface area (Å²) in [4.78, 5) is 23.7. The van der Waals surface area contributed by atoms with Gasteiger partial charge >= 0.3 is 12.1 Å². The van der Waals surface area contributed by atoms with Gasteiger partial charge in [-0.15, -0.1) is 0 Å². The van der Waals surface area contributed by atoms with Gasteiger partial charge in [0.1, 0.15) is 22.8 Å². The quantitative estimate of drug-likeness (QED) is 0.149. The van der Waals surface area contributed by atoms with Gasteiger partial charge in [0.05, 0.1) is 0 Å². The lowest BCUT2D eigenvalue weighted by Gasteiger charge is -2.15. The topological polar surface area (TPSA) is 136 Å². The van der Waals surface area contributed by atoms with E-state index in [0.29, 0.717) is 27.4 Å². The summed E-state index contributed by atoms with van der Waals surface area (Å²) in [6.07, 6.45) is -4.81. The minimum absolute atomic E-state index is 0.00852. The number of rotatable bonds is 7. The Hall–Kier alpha value is -5.13. The summed E-state index contributed by atoms with van der Waals surface area (Å²) in [5, 5.41) is 23.1. The van der Waals surface area contributed by atoms with Crippen LogP contribution in [0, 0.1) is 5.41 Å². The number of nitrogen functional groups attached to an aromatic ring is 1. The van der Waals surface area contributed by atoms with Gasteiger partial charge in [0.2, 0.25) is 5.88 Å². The Labute approximate surface area is 218 Å². The number of aryl methyl sites for hydroxylation is 1. The SMILES string of the molecule is Cn1nc(C(F)(F)F)c(C=O)c1Oc1cc(Cn2c(C(=O)O)cc3ccc(C(=N)N)cc32)c2ccccc2c1. The van der Waals surface area contributed by atoms with E-state index in [1.807, 2.05) is 6.07 Å². The van der Waals surface area contributed by atoms with E-state index in [1.165, 1.54) is 13.1 Å². The van der Waals surface area contributed by atoms with E-state index < -0.39 is 23.4 Å². The third-order valence-electron chi connectivity index (χ3n) is 6.31. The lowest BCUT2D eigenvalue weighted by molar-refractivity contribution is -0.141. The van der Waals surface area contributed by atoms with Crippen molar-refractivity contribution in [2.75, 3.05) is 0 Å². The van der Waals surface area contributed by atoms with E-state index in [9.17, 15) is 27.9 Å². The fourth-order valence-electron chi connectivity index (χ4n) is 4.56. The zero-order valence-electron chi connectivity index (χ0n) is 20.3. The molecule has 0 atom stereocenters. The molecule has 0 radical (unpaired) electrons. The second-order valence-corrected chi connectivity index (χ2v) is 8.82. The van der Waals surface area contributed by atoms with Gasteiger partial charge in [-0.1, -0.05) is 36.4 Å². The number of benzene rings is 3. The molecular weight excluding hydrogens is 515 g/mol. The predicted octanol–water partition coefficient (Wildman–Crippen LogP) is 5.18. The van der Waals surface area contributed by atoms with Crippen LogP contribution in [0.1, 0.15) is 37.7 Å². The first-order valence-electron chi connectivity index (χ1n) is 11.5. The molecule has 0 aliphatic rings. The molecule has 0 unspecified atom stereocenters. The normalized spacial score (nSPS) is 11.7. The lowest BCUT2D eigenvalue weighted by Crippen LogP contribution is -2.12. The van der Waals surface area contributed by atoms with Crippen LogP contribution in [-0.4, -0.2) is 37.5 Å². The first kappa shape index (κ1) is 25.5. The van der Waals surface area contributed by atoms with Gasteiger partial charge in [-0.05, 0) is 40.6 Å². The number of nitrogens with zero attached hydrogens (tertiary/aromatic N) is 3. The lowest BCUT2D eigenvalue weighted by atomic mass is 10.0. The maximum absolute atomic E-state index is 13.4. The number of nitrogens with two attached hydrogens (primary N) is 1. The third kappa shape index (κ3) is 4.56. The van der Waals surface area contributed by atoms with Gasteiger partial charge in [-0.3, -0.25) is 10.2 Å². The van der Waals surface area contributed by atoms with Crippen molar-refractivity contribution in [2.45, 2.75) is 12.7 Å². The van der Waals surface area contributed by atoms with E-state index in [4.69, 9.17) is 15.9 Å². The van der Waals surface area contributed by atoms with Crippen LogP contribution in [0.3, 0.4) is 0 Å². The van der Waals surface area contributed by atoms with Crippen molar-refractivity contribution in [1.29, 1.82) is 5.41 Å². The number of aromatic carboxylic acids is 1. The summed E-state index contributed by atoms with van der Waals surface area (Å²) >= 11 is 0. The summed E-state index contributed by atoms with van der Waals surface area (Å²) in [5.41, 5.74) is 5.08. The average molecular weight is 535 g/mol. The van der Waals surface area contributed by atoms with E-state index in [1.54, 1.807) is 53.1 Å². The molecule has 4 N–H and O–H groups in total. The molecule has 3 aromatic carbocycles. The monoisotopic (exact) mass is 535 g/mol. The Balaban J connectivity index is 1.66. The Kier molecular flexibility index (Phi) is 6.09. The number of fused-ring (bicyclic) bond motifs is 2. The molecule has 39 heavy (non-hydrogen) atoms. The standard InChI is InChI=1S/C27H20F3N5O4/c1-34-25(20(13-36)23(33-34)27(28,29)30)39-18-8-14-4-2-3-5-19(14)17(9-18)12-35-21-11-16(24(31)32)7-6-15(21)10-22(35)26(37)38/h2-11,13H,12H2,1H3,(H3,31,32)(H,37,38). The van der Waals surface area contributed by atoms with Gasteiger partial charge in [-0.25, -0.2) is 9.48 Å². The minimum Gasteiger partial charge on any atom is -0.477 e. The molecule has 12 heteroatoms. The number of hydrogen-bond acceptors (Lipinski definition) is 5. The van der Waals surface area contributed by atoms with Crippen LogP contribution in [0.25, 0.3) is 21.7 Å². The Bertz CT molecular complexity index is 1800. The van der Waals surface area contributed by atoms with Crippen LogP contribution in [0.15, 0.2) is 60.7 Å². The number of halogens is 3. The molecule has 0 saturated heterocycles. The highest BCUT2D eigenvalue weighted by molar-refractivity contribution is 6.01. The number of carbonyl (C=O) groups excluding carboxylic acids is 1. The van der Waals surface area contributed by atoms with Crippen LogP contribution >= 0.6 is 0 Å². The van der Waals surface area contributed by atoms with E-state index in [-0.39, 0.29) is 36.0 Å². The minimum atomic E-state index is -4.86. The number of alkyl halides is 3. The zero-order chi connectivity index (χ0) is 28.1. The molecule has 0 fully saturated rings. The maximum Gasteiger partial charge on any atom is 0.436 e. The Morgan fingerprint density at radius 3 is 2.54 bits per heavy atom. The van der Waals surface area contributed by atoms with Gasteiger partial charge in [-0.2, -0.15) is 18.3 Å². The van der Waals surface area contributed by atoms with Crippen molar-refractivity contribution in [1.82, 2.24) is 14.3 Å². The van der Waals surface area contributed by atoms with Crippen LogP contribution < -0.4 is 10.5 Å². The number of aromatic nitrogens is 3. The van der Waals surface area contributed by atoms with E-state index in [2.05, 4.69) is 5.10 Å². The van der Waals surface area contributed by atoms with Crippen LogP contribution in [0.2, 0.25) is 0 Å². The molecule has 9 nitrogen and oxygen atoms in total. The zero-order valence-corrected chi connectivity index (χ0v) is 20.3. The molecule has 5 rings (SSSR count). The van der Waals surface area contributed by atoms with Crippen LogP contribution in [0.4, 0.5) is 13.2 Å². The predicted molar refractivity (Wildman–Crippen MR) is 137 cm³/mol. The van der Waals surface area contributed by atoms with E-state index in [0.717, 1.165) is 10.1 Å². The number of amidine groups is 1. The number of aldehydes is 1. The van der Waals surface area contributed by atoms with Crippen molar-refractivity contribution in [3.05, 3.63) is 88.7 Å². The second-order valence-electron chi connectivity index (χ2n) is 8.82. The molecular formula is C27H20F3N5O4. The first-order chi connectivity index (χ1) is 18.5. The Morgan fingerprint density at radius 1 is 1.13 bits per heavy atom. The van der Waals surface area contributed by atoms with E-state index >= 15 is 0 Å².